The first kappa shape index (κ1) is 19.2. The molecule has 2 N–H and O–H groups in total. The van der Waals surface area contributed by atoms with Gasteiger partial charge in [0.05, 0.1) is 0 Å². The van der Waals surface area contributed by atoms with E-state index in [1.165, 1.54) is 6.33 Å². The van der Waals surface area contributed by atoms with E-state index in [2.05, 4.69) is 20.5 Å². The molecule has 2 aromatic carbocycles. The molecule has 2 amide bonds. The van der Waals surface area contributed by atoms with E-state index in [0.717, 1.165) is 42.4 Å². The first-order valence-corrected chi connectivity index (χ1v) is 10.5. The first-order valence-electron chi connectivity index (χ1n) is 9.47. The topological polar surface area (TPSA) is 91.0 Å². The van der Waals surface area contributed by atoms with Gasteiger partial charge in [-0.3, -0.25) is 14.7 Å². The van der Waals surface area contributed by atoms with E-state index < -0.39 is 0 Å². The van der Waals surface area contributed by atoms with Gasteiger partial charge in [0.2, 0.25) is 0 Å². The minimum Gasteiger partial charge on any atom is -0.339 e. The molecular formula is C21H21N5O2S. The van der Waals surface area contributed by atoms with Gasteiger partial charge in [0.25, 0.3) is 11.8 Å². The molecule has 0 saturated carbocycles. The summed E-state index contributed by atoms with van der Waals surface area (Å²) in [5, 5.41) is 10.3. The molecule has 0 atom stereocenters. The number of benzene rings is 2. The summed E-state index contributed by atoms with van der Waals surface area (Å²) in [6, 6.07) is 14.5. The highest BCUT2D eigenvalue weighted by atomic mass is 32.2. The van der Waals surface area contributed by atoms with Gasteiger partial charge in [0, 0.05) is 35.7 Å². The number of nitrogens with one attached hydrogen (secondary N) is 2. The van der Waals surface area contributed by atoms with Crippen molar-refractivity contribution < 1.29 is 9.59 Å². The monoisotopic (exact) mass is 407 g/mol. The van der Waals surface area contributed by atoms with Crippen LogP contribution in [0.15, 0.2) is 60.0 Å². The van der Waals surface area contributed by atoms with E-state index in [0.29, 0.717) is 16.8 Å². The van der Waals surface area contributed by atoms with Crippen molar-refractivity contribution in [2.24, 2.45) is 0 Å². The average molecular weight is 407 g/mol. The molecule has 1 fully saturated rings. The van der Waals surface area contributed by atoms with Crippen molar-refractivity contribution in [3.8, 4) is 0 Å². The Hall–Kier alpha value is -3.13. The fraction of sp³-hybridized carbons (Fsp3) is 0.238. The molecule has 0 unspecified atom stereocenters. The number of H-pyrrole nitrogens is 1. The van der Waals surface area contributed by atoms with Crippen LogP contribution in [0.2, 0.25) is 0 Å². The average Bonchev–Trinajstić information content (AvgIpc) is 3.47. The van der Waals surface area contributed by atoms with Crippen LogP contribution in [0.3, 0.4) is 0 Å². The Kier molecular flexibility index (Phi) is 5.90. The largest absolute Gasteiger partial charge is 0.339 e. The summed E-state index contributed by atoms with van der Waals surface area (Å²) < 4.78 is 0. The third-order valence-electron chi connectivity index (χ3n) is 4.77. The molecule has 148 valence electrons. The second kappa shape index (κ2) is 8.91. The molecule has 0 spiro atoms. The molecule has 1 aliphatic rings. The van der Waals surface area contributed by atoms with Crippen LogP contribution in [-0.4, -0.2) is 45.0 Å². The number of thioether (sulfide) groups is 1. The number of carbonyl (C=O) groups is 2. The van der Waals surface area contributed by atoms with Crippen molar-refractivity contribution in [2.75, 3.05) is 18.4 Å². The van der Waals surface area contributed by atoms with Crippen LogP contribution in [0.25, 0.3) is 0 Å². The van der Waals surface area contributed by atoms with Crippen molar-refractivity contribution in [2.45, 2.75) is 23.8 Å². The molecule has 8 heteroatoms. The highest BCUT2D eigenvalue weighted by molar-refractivity contribution is 7.98. The van der Waals surface area contributed by atoms with Gasteiger partial charge in [-0.2, -0.15) is 5.10 Å². The number of carbonyl (C=O) groups excluding carboxylic acids is 2. The number of anilines is 1. The van der Waals surface area contributed by atoms with Crippen molar-refractivity contribution >= 4 is 29.3 Å². The van der Waals surface area contributed by atoms with E-state index in [9.17, 15) is 9.59 Å². The van der Waals surface area contributed by atoms with E-state index in [1.54, 1.807) is 48.2 Å². The van der Waals surface area contributed by atoms with E-state index in [1.807, 2.05) is 17.0 Å². The summed E-state index contributed by atoms with van der Waals surface area (Å²) in [7, 11) is 0. The highest BCUT2D eigenvalue weighted by Gasteiger charge is 2.19. The third kappa shape index (κ3) is 4.83. The zero-order chi connectivity index (χ0) is 20.1. The second-order valence-corrected chi connectivity index (χ2v) is 7.77. The number of likely N-dealkylation sites (tertiary alicyclic amines) is 1. The first-order chi connectivity index (χ1) is 14.2. The molecule has 0 radical (unpaired) electrons. The zero-order valence-corrected chi connectivity index (χ0v) is 16.6. The van der Waals surface area contributed by atoms with Gasteiger partial charge in [-0.1, -0.05) is 23.9 Å². The van der Waals surface area contributed by atoms with Crippen molar-refractivity contribution in [3.05, 3.63) is 71.5 Å². The fourth-order valence-electron chi connectivity index (χ4n) is 3.17. The quantitative estimate of drug-likeness (QED) is 0.610. The van der Waals surface area contributed by atoms with E-state index >= 15 is 0 Å². The molecule has 4 rings (SSSR count). The van der Waals surface area contributed by atoms with Gasteiger partial charge in [-0.05, 0) is 54.8 Å². The van der Waals surface area contributed by atoms with E-state index in [-0.39, 0.29) is 11.8 Å². The van der Waals surface area contributed by atoms with Crippen LogP contribution in [0.5, 0.6) is 0 Å². The molecule has 1 saturated heterocycles. The lowest BCUT2D eigenvalue weighted by molar-refractivity contribution is 0.0792. The molecule has 0 bridgehead atoms. The maximum absolute atomic E-state index is 12.5. The summed E-state index contributed by atoms with van der Waals surface area (Å²) >= 11 is 1.55. The number of nitrogens with zero attached hydrogens (tertiary/aromatic N) is 3. The molecule has 0 aliphatic carbocycles. The smallest absolute Gasteiger partial charge is 0.255 e. The summed E-state index contributed by atoms with van der Waals surface area (Å²) in [6.45, 7) is 1.65. The molecule has 1 aliphatic heterocycles. The predicted molar refractivity (Wildman–Crippen MR) is 112 cm³/mol. The number of aromatic nitrogens is 3. The number of aromatic amines is 1. The second-order valence-electron chi connectivity index (χ2n) is 6.81. The predicted octanol–water partition coefficient (Wildman–Crippen LogP) is 3.59. The minimum atomic E-state index is -0.182. The lowest BCUT2D eigenvalue weighted by atomic mass is 10.1. The lowest BCUT2D eigenvalue weighted by Gasteiger charge is -2.15. The van der Waals surface area contributed by atoms with Crippen molar-refractivity contribution in [1.29, 1.82) is 0 Å². The highest BCUT2D eigenvalue weighted by Crippen LogP contribution is 2.19. The van der Waals surface area contributed by atoms with Crippen LogP contribution < -0.4 is 5.32 Å². The Morgan fingerprint density at radius 3 is 2.34 bits per heavy atom. The summed E-state index contributed by atoms with van der Waals surface area (Å²) in [5.41, 5.74) is 2.99. The Morgan fingerprint density at radius 2 is 1.69 bits per heavy atom. The van der Waals surface area contributed by atoms with Gasteiger partial charge >= 0.3 is 0 Å². The maximum atomic E-state index is 12.5. The van der Waals surface area contributed by atoms with Crippen molar-refractivity contribution in [1.82, 2.24) is 20.1 Å². The number of rotatable bonds is 6. The summed E-state index contributed by atoms with van der Waals surface area (Å²) in [5.74, 6) is 0.612. The number of hydrogen-bond acceptors (Lipinski definition) is 5. The standard InChI is InChI=1S/C21H21N5O2S/c27-19(16-5-3-15(4-6-16)13-29-21-22-14-23-25-21)24-18-9-7-17(8-10-18)20(28)26-11-1-2-12-26/h3-10,14H,1-2,11-13H2,(H,24,27)(H,22,23,25). The normalized spacial score (nSPS) is 13.4. The summed E-state index contributed by atoms with van der Waals surface area (Å²) in [6.07, 6.45) is 3.61. The maximum Gasteiger partial charge on any atom is 0.255 e. The zero-order valence-electron chi connectivity index (χ0n) is 15.8. The molecule has 29 heavy (non-hydrogen) atoms. The third-order valence-corrected chi connectivity index (χ3v) is 5.72. The van der Waals surface area contributed by atoms with Crippen LogP contribution in [-0.2, 0) is 5.75 Å². The Labute approximate surface area is 172 Å². The van der Waals surface area contributed by atoms with Gasteiger partial charge < -0.3 is 10.2 Å². The van der Waals surface area contributed by atoms with Crippen LogP contribution in [0, 0.1) is 0 Å². The van der Waals surface area contributed by atoms with Crippen LogP contribution in [0.1, 0.15) is 39.1 Å². The van der Waals surface area contributed by atoms with E-state index in [4.69, 9.17) is 0 Å². The van der Waals surface area contributed by atoms with Crippen LogP contribution in [0.4, 0.5) is 5.69 Å². The molecule has 7 nitrogen and oxygen atoms in total. The van der Waals surface area contributed by atoms with Crippen LogP contribution >= 0.6 is 11.8 Å². The minimum absolute atomic E-state index is 0.0548. The lowest BCUT2D eigenvalue weighted by Crippen LogP contribution is -2.27. The fourth-order valence-corrected chi connectivity index (χ4v) is 3.90. The summed E-state index contributed by atoms with van der Waals surface area (Å²) in [4.78, 5) is 30.8. The Bertz CT molecular complexity index is 965. The van der Waals surface area contributed by atoms with Gasteiger partial charge in [0.1, 0.15) is 6.33 Å². The molecule has 2 heterocycles. The van der Waals surface area contributed by atoms with Crippen molar-refractivity contribution in [3.63, 3.8) is 0 Å². The molecular weight excluding hydrogens is 386 g/mol. The van der Waals surface area contributed by atoms with Gasteiger partial charge in [-0.25, -0.2) is 4.98 Å². The Morgan fingerprint density at radius 1 is 1.00 bits per heavy atom. The number of hydrogen-bond donors (Lipinski definition) is 2. The van der Waals surface area contributed by atoms with Gasteiger partial charge in [0.15, 0.2) is 5.16 Å². The number of amides is 2. The molecule has 1 aromatic heterocycles. The molecule has 3 aromatic rings. The van der Waals surface area contributed by atoms with Gasteiger partial charge in [-0.15, -0.1) is 0 Å². The Balaban J connectivity index is 1.33. The SMILES string of the molecule is O=C(Nc1ccc(C(=O)N2CCCC2)cc1)c1ccc(CSc2ncn[nH]2)cc1.